The maximum Gasteiger partial charge on any atom is 0.321 e. The SMILES string of the molecule is CCNC(=O)NC(=O)[C@@H](C)Sc1nnc(-c2cc3c(s2)CC[C@H](C(C)(C)C)C3)n1C. The van der Waals surface area contributed by atoms with Crippen molar-refractivity contribution in [1.29, 1.82) is 0 Å². The Morgan fingerprint density at radius 3 is 2.77 bits per heavy atom. The zero-order valence-electron chi connectivity index (χ0n) is 18.5. The molecule has 3 amide bonds. The molecule has 1 aliphatic rings. The van der Waals surface area contributed by atoms with Crippen molar-refractivity contribution in [1.82, 2.24) is 25.4 Å². The first-order chi connectivity index (χ1) is 14.1. The second-order valence-corrected chi connectivity index (χ2v) is 11.3. The van der Waals surface area contributed by atoms with Gasteiger partial charge in [-0.25, -0.2) is 4.79 Å². The van der Waals surface area contributed by atoms with Crippen molar-refractivity contribution < 1.29 is 9.59 Å². The summed E-state index contributed by atoms with van der Waals surface area (Å²) in [6.45, 7) is 11.0. The number of carbonyl (C=O) groups is 2. The standard InChI is InChI=1S/C21H31N5O2S2/c1-7-22-19(28)23-18(27)12(2)29-20-25-24-17(26(20)6)16-11-13-10-14(21(3,4)5)8-9-15(13)30-16/h11-12,14H,7-10H2,1-6H3,(H2,22,23,27,28)/t12-,14+/m1/s1. The predicted molar refractivity (Wildman–Crippen MR) is 122 cm³/mol. The molecule has 1 aliphatic carbocycles. The number of aryl methyl sites for hydroxylation is 1. The number of thioether (sulfide) groups is 1. The van der Waals surface area contributed by atoms with Crippen LogP contribution in [-0.2, 0) is 24.7 Å². The van der Waals surface area contributed by atoms with Crippen LogP contribution in [-0.4, -0.2) is 38.5 Å². The highest BCUT2D eigenvalue weighted by Gasteiger charge is 2.30. The van der Waals surface area contributed by atoms with Gasteiger partial charge in [-0.2, -0.15) is 0 Å². The van der Waals surface area contributed by atoms with Gasteiger partial charge in [0, 0.05) is 18.5 Å². The summed E-state index contributed by atoms with van der Waals surface area (Å²) in [4.78, 5) is 26.4. The van der Waals surface area contributed by atoms with Crippen molar-refractivity contribution in [3.05, 3.63) is 16.5 Å². The minimum Gasteiger partial charge on any atom is -0.338 e. The van der Waals surface area contributed by atoms with Crippen molar-refractivity contribution in [2.45, 2.75) is 64.3 Å². The van der Waals surface area contributed by atoms with E-state index in [0.717, 1.165) is 23.5 Å². The van der Waals surface area contributed by atoms with Crippen LogP contribution in [0.1, 0.15) is 51.5 Å². The molecule has 0 saturated carbocycles. The van der Waals surface area contributed by atoms with Crippen LogP contribution in [0.3, 0.4) is 0 Å². The molecule has 0 bridgehead atoms. The third kappa shape index (κ3) is 5.06. The summed E-state index contributed by atoms with van der Waals surface area (Å²) >= 11 is 3.10. The van der Waals surface area contributed by atoms with Crippen molar-refractivity contribution in [2.75, 3.05) is 6.54 Å². The number of rotatable bonds is 5. The maximum absolute atomic E-state index is 12.2. The number of thiophene rings is 1. The van der Waals surface area contributed by atoms with Crippen molar-refractivity contribution in [2.24, 2.45) is 18.4 Å². The number of hydrogen-bond acceptors (Lipinski definition) is 6. The second-order valence-electron chi connectivity index (χ2n) is 8.84. The molecule has 2 heterocycles. The number of imide groups is 1. The fourth-order valence-corrected chi connectivity index (χ4v) is 5.68. The molecule has 0 aliphatic heterocycles. The van der Waals surface area contributed by atoms with Crippen LogP contribution < -0.4 is 10.6 Å². The molecule has 164 valence electrons. The molecule has 7 nitrogen and oxygen atoms in total. The van der Waals surface area contributed by atoms with Crippen molar-refractivity contribution >= 4 is 35.0 Å². The van der Waals surface area contributed by atoms with Crippen molar-refractivity contribution in [3.63, 3.8) is 0 Å². The van der Waals surface area contributed by atoms with Crippen LogP contribution in [0, 0.1) is 11.3 Å². The van der Waals surface area contributed by atoms with E-state index in [1.807, 2.05) is 11.6 Å². The van der Waals surface area contributed by atoms with E-state index in [2.05, 4.69) is 47.7 Å². The molecular formula is C21H31N5O2S2. The summed E-state index contributed by atoms with van der Waals surface area (Å²) in [6.07, 6.45) is 3.47. The molecule has 0 unspecified atom stereocenters. The Balaban J connectivity index is 1.71. The molecule has 0 radical (unpaired) electrons. The van der Waals surface area contributed by atoms with Gasteiger partial charge in [0.25, 0.3) is 0 Å². The highest BCUT2D eigenvalue weighted by molar-refractivity contribution is 8.00. The largest absolute Gasteiger partial charge is 0.338 e. The van der Waals surface area contributed by atoms with Crippen LogP contribution in [0.4, 0.5) is 4.79 Å². The summed E-state index contributed by atoms with van der Waals surface area (Å²) in [5, 5.41) is 13.8. The molecule has 2 aromatic rings. The number of carbonyl (C=O) groups excluding carboxylic acids is 2. The first kappa shape index (κ1) is 22.8. The van der Waals surface area contributed by atoms with E-state index in [-0.39, 0.29) is 5.91 Å². The lowest BCUT2D eigenvalue weighted by molar-refractivity contribution is -0.119. The van der Waals surface area contributed by atoms with E-state index < -0.39 is 11.3 Å². The van der Waals surface area contributed by atoms with Gasteiger partial charge in [0.15, 0.2) is 11.0 Å². The average Bonchev–Trinajstić information content (AvgIpc) is 3.24. The van der Waals surface area contributed by atoms with Crippen LogP contribution in [0.15, 0.2) is 11.2 Å². The number of nitrogens with zero attached hydrogens (tertiary/aromatic N) is 3. The van der Waals surface area contributed by atoms with E-state index in [4.69, 9.17) is 0 Å². The summed E-state index contributed by atoms with van der Waals surface area (Å²) in [6, 6.07) is 1.79. The molecule has 9 heteroatoms. The fourth-order valence-electron chi connectivity index (χ4n) is 3.64. The van der Waals surface area contributed by atoms with Crippen LogP contribution in [0.25, 0.3) is 10.7 Å². The first-order valence-corrected chi connectivity index (χ1v) is 12.1. The highest BCUT2D eigenvalue weighted by Crippen LogP contribution is 2.42. The summed E-state index contributed by atoms with van der Waals surface area (Å²) in [5.74, 6) is 1.16. The van der Waals surface area contributed by atoms with E-state index in [1.54, 1.807) is 25.2 Å². The third-order valence-electron chi connectivity index (χ3n) is 5.59. The normalized spacial score (nSPS) is 17.3. The van der Waals surface area contributed by atoms with Gasteiger partial charge in [-0.15, -0.1) is 21.5 Å². The third-order valence-corrected chi connectivity index (χ3v) is 7.96. The van der Waals surface area contributed by atoms with Crippen LogP contribution >= 0.6 is 23.1 Å². The Labute approximate surface area is 186 Å². The predicted octanol–water partition coefficient (Wildman–Crippen LogP) is 4.02. The number of urea groups is 1. The number of hydrogen-bond donors (Lipinski definition) is 2. The Morgan fingerprint density at radius 2 is 2.10 bits per heavy atom. The lowest BCUT2D eigenvalue weighted by Crippen LogP contribution is -2.42. The molecule has 30 heavy (non-hydrogen) atoms. The van der Waals surface area contributed by atoms with E-state index in [1.165, 1.54) is 28.6 Å². The molecule has 0 aromatic carbocycles. The minimum atomic E-state index is -0.480. The molecule has 0 spiro atoms. The zero-order chi connectivity index (χ0) is 22.1. The van der Waals surface area contributed by atoms with Gasteiger partial charge in [0.1, 0.15) is 0 Å². The first-order valence-electron chi connectivity index (χ1n) is 10.4. The summed E-state index contributed by atoms with van der Waals surface area (Å²) in [7, 11) is 1.92. The lowest BCUT2D eigenvalue weighted by atomic mass is 9.72. The number of nitrogens with one attached hydrogen (secondary N) is 2. The van der Waals surface area contributed by atoms with E-state index >= 15 is 0 Å². The zero-order valence-corrected chi connectivity index (χ0v) is 20.2. The lowest BCUT2D eigenvalue weighted by Gasteiger charge is -2.33. The highest BCUT2D eigenvalue weighted by atomic mass is 32.2. The summed E-state index contributed by atoms with van der Waals surface area (Å²) < 4.78 is 1.93. The fraction of sp³-hybridized carbons (Fsp3) is 0.619. The van der Waals surface area contributed by atoms with Gasteiger partial charge in [-0.05, 0) is 56.1 Å². The average molecular weight is 450 g/mol. The van der Waals surface area contributed by atoms with E-state index in [9.17, 15) is 9.59 Å². The Hall–Kier alpha value is -1.87. The molecule has 2 N–H and O–H groups in total. The second kappa shape index (κ2) is 9.09. The van der Waals surface area contributed by atoms with Gasteiger partial charge in [-0.1, -0.05) is 32.5 Å². The minimum absolute atomic E-state index is 0.319. The van der Waals surface area contributed by atoms with Gasteiger partial charge in [-0.3, -0.25) is 10.1 Å². The smallest absolute Gasteiger partial charge is 0.321 e. The quantitative estimate of drug-likeness (QED) is 0.673. The monoisotopic (exact) mass is 449 g/mol. The van der Waals surface area contributed by atoms with Gasteiger partial charge in [0.2, 0.25) is 5.91 Å². The Kier molecular flexibility index (Phi) is 6.91. The number of aromatic nitrogens is 3. The maximum atomic E-state index is 12.2. The van der Waals surface area contributed by atoms with Gasteiger partial charge in [0.05, 0.1) is 10.1 Å². The molecule has 0 saturated heterocycles. The molecule has 3 rings (SSSR count). The van der Waals surface area contributed by atoms with Crippen molar-refractivity contribution in [3.8, 4) is 10.7 Å². The summed E-state index contributed by atoms with van der Waals surface area (Å²) in [5.41, 5.74) is 1.76. The van der Waals surface area contributed by atoms with Gasteiger partial charge < -0.3 is 9.88 Å². The molecule has 0 fully saturated rings. The number of amides is 3. The van der Waals surface area contributed by atoms with E-state index in [0.29, 0.717) is 23.0 Å². The topological polar surface area (TPSA) is 88.9 Å². The molecule has 2 atom stereocenters. The Morgan fingerprint density at radius 1 is 1.37 bits per heavy atom. The van der Waals surface area contributed by atoms with Crippen LogP contribution in [0.2, 0.25) is 0 Å². The molecular weight excluding hydrogens is 418 g/mol. The number of fused-ring (bicyclic) bond motifs is 1. The molecule has 2 aromatic heterocycles. The van der Waals surface area contributed by atoms with Crippen LogP contribution in [0.5, 0.6) is 0 Å². The van der Waals surface area contributed by atoms with Gasteiger partial charge >= 0.3 is 6.03 Å². The Bertz CT molecular complexity index is 928.